The van der Waals surface area contributed by atoms with Crippen LogP contribution in [0.3, 0.4) is 0 Å². The minimum Gasteiger partial charge on any atom is -0.384 e. The third-order valence-electron chi connectivity index (χ3n) is 0.759. The summed E-state index contributed by atoms with van der Waals surface area (Å²) < 4.78 is 0. The van der Waals surface area contributed by atoms with Crippen molar-refractivity contribution in [1.29, 1.82) is 0 Å². The highest BCUT2D eigenvalue weighted by Gasteiger charge is 1.86. The van der Waals surface area contributed by atoms with Crippen molar-refractivity contribution >= 4 is 5.82 Å². The van der Waals surface area contributed by atoms with Crippen LogP contribution in [0.1, 0.15) is 0 Å². The molecule has 0 saturated heterocycles. The summed E-state index contributed by atoms with van der Waals surface area (Å²) in [6.07, 6.45) is 1.19. The van der Waals surface area contributed by atoms with E-state index < -0.39 is 0 Å². The van der Waals surface area contributed by atoms with Crippen LogP contribution in [0.15, 0.2) is 18.3 Å². The molecule has 0 amide bonds. The third kappa shape index (κ3) is 0.872. The van der Waals surface area contributed by atoms with E-state index in [-0.39, 0.29) is 5.75 Å². The van der Waals surface area contributed by atoms with Gasteiger partial charge in [0.2, 0.25) is 0 Å². The van der Waals surface area contributed by atoms with Crippen molar-refractivity contribution in [3.05, 3.63) is 18.3 Å². The van der Waals surface area contributed by atoms with E-state index in [2.05, 4.69) is 4.98 Å². The number of hydrogen-bond acceptors (Lipinski definition) is 2. The molecule has 3 heteroatoms. The fraction of sp³-hybridized carbons (Fsp3) is 0. The van der Waals surface area contributed by atoms with E-state index in [1.54, 1.807) is 0 Å². The molecule has 1 radical (unpaired) electrons. The third-order valence-corrected chi connectivity index (χ3v) is 0.759. The average molecular weight is 109 g/mol. The molecule has 2 N–H and O–H groups in total. The second-order valence-electron chi connectivity index (χ2n) is 1.42. The van der Waals surface area contributed by atoms with Crippen LogP contribution in [0.25, 0.3) is 0 Å². The highest BCUT2D eigenvalue weighted by molar-refractivity contribution is 5.30. The van der Waals surface area contributed by atoms with Crippen LogP contribution in [-0.4, -0.2) is 4.98 Å². The number of nitrogen functional groups attached to an aromatic ring is 1. The van der Waals surface area contributed by atoms with Crippen molar-refractivity contribution in [2.75, 3.05) is 5.73 Å². The molecule has 0 unspecified atom stereocenters. The Bertz CT molecular complexity index is 149. The lowest BCUT2D eigenvalue weighted by atomic mass is 10.4. The van der Waals surface area contributed by atoms with Crippen molar-refractivity contribution in [2.45, 2.75) is 0 Å². The van der Waals surface area contributed by atoms with Gasteiger partial charge in [-0.1, -0.05) is 0 Å². The smallest absolute Gasteiger partial charge is 0.197 e. The summed E-state index contributed by atoms with van der Waals surface area (Å²) in [5.41, 5.74) is 5.18. The van der Waals surface area contributed by atoms with Gasteiger partial charge < -0.3 is 5.73 Å². The predicted molar refractivity (Wildman–Crippen MR) is 28.8 cm³/mol. The molecule has 41 valence electrons. The molecule has 1 rings (SSSR count). The van der Waals surface area contributed by atoms with Crippen LogP contribution in [0.4, 0.5) is 5.82 Å². The Balaban J connectivity index is 3.03. The molecule has 8 heavy (non-hydrogen) atoms. The Kier molecular flexibility index (Phi) is 1.04. The lowest BCUT2D eigenvalue weighted by Gasteiger charge is -1.86. The van der Waals surface area contributed by atoms with Crippen LogP contribution in [-0.2, 0) is 5.11 Å². The van der Waals surface area contributed by atoms with Crippen LogP contribution in [0.2, 0.25) is 0 Å². The van der Waals surface area contributed by atoms with Gasteiger partial charge in [0.05, 0.1) is 6.20 Å². The number of pyridine rings is 1. The first-order valence-electron chi connectivity index (χ1n) is 2.17. The molecular formula is C5H5N2O. The van der Waals surface area contributed by atoms with Gasteiger partial charge in [-0.2, -0.15) is 0 Å². The molecule has 0 saturated carbocycles. The van der Waals surface area contributed by atoms with Crippen molar-refractivity contribution in [2.24, 2.45) is 0 Å². The predicted octanol–water partition coefficient (Wildman–Crippen LogP) is 0.808. The van der Waals surface area contributed by atoms with Crippen LogP contribution in [0.5, 0.6) is 5.75 Å². The van der Waals surface area contributed by atoms with E-state index in [0.717, 1.165) is 0 Å². The molecule has 0 atom stereocenters. The highest BCUT2D eigenvalue weighted by atomic mass is 16.3. The van der Waals surface area contributed by atoms with Crippen molar-refractivity contribution in [3.63, 3.8) is 0 Å². The number of anilines is 1. The Hall–Kier alpha value is -1.25. The first-order chi connectivity index (χ1) is 3.79. The Morgan fingerprint density at radius 3 is 2.62 bits per heavy atom. The number of hydrogen-bond donors (Lipinski definition) is 1. The maximum Gasteiger partial charge on any atom is 0.197 e. The van der Waals surface area contributed by atoms with Gasteiger partial charge in [-0.25, -0.2) is 4.98 Å². The molecule has 0 aliphatic carbocycles. The highest BCUT2D eigenvalue weighted by Crippen LogP contribution is 2.06. The van der Waals surface area contributed by atoms with E-state index in [0.29, 0.717) is 5.82 Å². The lowest BCUT2D eigenvalue weighted by Crippen LogP contribution is -1.85. The molecule has 0 aromatic carbocycles. The zero-order valence-electron chi connectivity index (χ0n) is 4.16. The van der Waals surface area contributed by atoms with E-state index in [9.17, 15) is 5.11 Å². The van der Waals surface area contributed by atoms with Crippen LogP contribution in [0, 0.1) is 0 Å². The largest absolute Gasteiger partial charge is 0.384 e. The number of aromatic nitrogens is 1. The van der Waals surface area contributed by atoms with Crippen molar-refractivity contribution in [1.82, 2.24) is 4.98 Å². The summed E-state index contributed by atoms with van der Waals surface area (Å²) in [6, 6.07) is 2.85. The molecule has 3 nitrogen and oxygen atoms in total. The maximum atomic E-state index is 10.3. The first-order valence-corrected chi connectivity index (χ1v) is 2.17. The maximum absolute atomic E-state index is 10.3. The van der Waals surface area contributed by atoms with Gasteiger partial charge in [0, 0.05) is 0 Å². The van der Waals surface area contributed by atoms with Crippen LogP contribution < -0.4 is 5.73 Å². The molecule has 1 aromatic heterocycles. The monoisotopic (exact) mass is 109 g/mol. The van der Waals surface area contributed by atoms with Gasteiger partial charge in [0.25, 0.3) is 0 Å². The SMILES string of the molecule is Nc1ccc([O])cn1. The Morgan fingerprint density at radius 2 is 2.25 bits per heavy atom. The summed E-state index contributed by atoms with van der Waals surface area (Å²) in [4.78, 5) is 3.54. The first kappa shape index (κ1) is 4.90. The molecule has 1 heterocycles. The van der Waals surface area contributed by atoms with Crippen LogP contribution >= 0.6 is 0 Å². The van der Waals surface area contributed by atoms with Crippen molar-refractivity contribution < 1.29 is 5.11 Å². The molecule has 1 aromatic rings. The fourth-order valence-electron chi connectivity index (χ4n) is 0.392. The zero-order valence-corrected chi connectivity index (χ0v) is 4.16. The van der Waals surface area contributed by atoms with Gasteiger partial charge in [-0.3, -0.25) is 5.11 Å². The van der Waals surface area contributed by atoms with Gasteiger partial charge in [0.1, 0.15) is 5.82 Å². The molecule has 0 fully saturated rings. The fourth-order valence-corrected chi connectivity index (χ4v) is 0.392. The minimum atomic E-state index is -0.112. The number of nitrogens with two attached hydrogens (primary N) is 1. The second-order valence-corrected chi connectivity index (χ2v) is 1.42. The summed E-state index contributed by atoms with van der Waals surface area (Å²) >= 11 is 0. The summed E-state index contributed by atoms with van der Waals surface area (Å²) in [6.45, 7) is 0. The molecule has 0 spiro atoms. The van der Waals surface area contributed by atoms with Gasteiger partial charge in [0.15, 0.2) is 5.75 Å². The summed E-state index contributed by atoms with van der Waals surface area (Å²) in [5.74, 6) is 0.267. The molecular weight excluding hydrogens is 104 g/mol. The van der Waals surface area contributed by atoms with E-state index in [4.69, 9.17) is 5.73 Å². The average Bonchev–Trinajstić information content (AvgIpc) is 1.77. The number of rotatable bonds is 0. The minimum absolute atomic E-state index is 0.112. The van der Waals surface area contributed by atoms with E-state index in [1.165, 1.54) is 18.3 Å². The Morgan fingerprint density at radius 1 is 1.50 bits per heavy atom. The molecule has 0 aliphatic heterocycles. The summed E-state index contributed by atoms with van der Waals surface area (Å²) in [5, 5.41) is 10.3. The van der Waals surface area contributed by atoms with E-state index >= 15 is 0 Å². The topological polar surface area (TPSA) is 58.8 Å². The molecule has 0 bridgehead atoms. The number of nitrogens with zero attached hydrogens (tertiary/aromatic N) is 1. The zero-order chi connectivity index (χ0) is 5.98. The van der Waals surface area contributed by atoms with Gasteiger partial charge in [-0.05, 0) is 12.1 Å². The Labute approximate surface area is 46.8 Å². The van der Waals surface area contributed by atoms with E-state index in [1.807, 2.05) is 0 Å². The van der Waals surface area contributed by atoms with Gasteiger partial charge in [-0.15, -0.1) is 0 Å². The second kappa shape index (κ2) is 1.69. The standard InChI is InChI=1S/C5H5N2O/c6-5-2-1-4(8)3-7-5/h1-3H,(H2,6,7). The summed E-state index contributed by atoms with van der Waals surface area (Å²) in [7, 11) is 0. The molecule has 0 aliphatic rings. The van der Waals surface area contributed by atoms with Crippen molar-refractivity contribution in [3.8, 4) is 5.75 Å². The normalized spacial score (nSPS) is 9.00. The lowest BCUT2D eigenvalue weighted by molar-refractivity contribution is 0.353. The quantitative estimate of drug-likeness (QED) is 0.535. The van der Waals surface area contributed by atoms with Gasteiger partial charge >= 0.3 is 0 Å².